The van der Waals surface area contributed by atoms with E-state index in [1.54, 1.807) is 28.2 Å². The Morgan fingerprint density at radius 2 is 2.09 bits per heavy atom. The molecule has 2 aromatic carbocycles. The van der Waals surface area contributed by atoms with Gasteiger partial charge >= 0.3 is 0 Å². The van der Waals surface area contributed by atoms with Crippen molar-refractivity contribution < 1.29 is 13.2 Å². The molecular weight excluding hydrogens is 490 g/mol. The van der Waals surface area contributed by atoms with Gasteiger partial charge in [0, 0.05) is 43.6 Å². The van der Waals surface area contributed by atoms with E-state index in [0.717, 1.165) is 47.8 Å². The zero-order chi connectivity index (χ0) is 24.1. The minimum atomic E-state index is -3.53. The van der Waals surface area contributed by atoms with Crippen LogP contribution in [-0.4, -0.2) is 48.6 Å². The van der Waals surface area contributed by atoms with E-state index in [1.807, 2.05) is 37.3 Å². The van der Waals surface area contributed by atoms with Gasteiger partial charge in [0.1, 0.15) is 0 Å². The second-order valence-electron chi connectivity index (χ2n) is 8.78. The number of hydrogen-bond acceptors (Lipinski definition) is 5. The summed E-state index contributed by atoms with van der Waals surface area (Å²) >= 11 is 7.78. The quantitative estimate of drug-likeness (QED) is 0.248. The molecule has 3 aromatic rings. The molecule has 34 heavy (non-hydrogen) atoms. The van der Waals surface area contributed by atoms with E-state index in [4.69, 9.17) is 21.3 Å². The van der Waals surface area contributed by atoms with Crippen molar-refractivity contribution in [3.05, 3.63) is 53.1 Å². The minimum absolute atomic E-state index is 0.319. The van der Waals surface area contributed by atoms with Crippen molar-refractivity contribution >= 4 is 44.4 Å². The first-order valence-corrected chi connectivity index (χ1v) is 14.6. The Balaban J connectivity index is 1.63. The van der Waals surface area contributed by atoms with Crippen molar-refractivity contribution in [2.24, 2.45) is 5.92 Å². The Bertz CT molecular complexity index is 1230. The minimum Gasteiger partial charge on any atom is -0.382 e. The lowest BCUT2D eigenvalue weighted by Gasteiger charge is -2.30. The van der Waals surface area contributed by atoms with Gasteiger partial charge in [0.2, 0.25) is 10.0 Å². The van der Waals surface area contributed by atoms with Crippen molar-refractivity contribution in [1.82, 2.24) is 13.9 Å². The van der Waals surface area contributed by atoms with Crippen LogP contribution in [0, 0.1) is 5.92 Å². The number of thioether (sulfide) groups is 1. The molecule has 0 bridgehead atoms. The summed E-state index contributed by atoms with van der Waals surface area (Å²) in [6.45, 7) is 7.38. The largest absolute Gasteiger partial charge is 0.382 e. The smallest absolute Gasteiger partial charge is 0.243 e. The molecule has 184 valence electrons. The molecule has 1 saturated heterocycles. The molecule has 1 aliphatic rings. The normalized spacial score (nSPS) is 17.4. The second-order valence-corrected chi connectivity index (χ2v) is 12.1. The van der Waals surface area contributed by atoms with Crippen molar-refractivity contribution in [1.29, 1.82) is 0 Å². The fraction of sp³-hybridized carbons (Fsp3) is 0.480. The van der Waals surface area contributed by atoms with E-state index in [2.05, 4.69) is 11.5 Å². The zero-order valence-electron chi connectivity index (χ0n) is 19.7. The molecule has 0 radical (unpaired) electrons. The van der Waals surface area contributed by atoms with Gasteiger partial charge in [-0.15, -0.1) is 0 Å². The van der Waals surface area contributed by atoms with Gasteiger partial charge in [-0.1, -0.05) is 42.4 Å². The number of nitrogens with zero attached hydrogens (tertiary/aromatic N) is 3. The standard InChI is InChI=1S/C25H32ClN3O3S2/c1-3-32-14-6-13-29-24-11-10-22(34(30,31)28-12-5-7-19(2)17-28)16-23(24)27-25(29)33-18-20-8-4-9-21(26)15-20/h4,8-11,15-16,19H,3,5-7,12-14,17-18H2,1-2H3/t19-/m0/s1. The van der Waals surface area contributed by atoms with Gasteiger partial charge in [0.15, 0.2) is 5.16 Å². The molecule has 0 saturated carbocycles. The summed E-state index contributed by atoms with van der Waals surface area (Å²) in [6, 6.07) is 13.2. The highest BCUT2D eigenvalue weighted by molar-refractivity contribution is 7.98. The molecule has 9 heteroatoms. The van der Waals surface area contributed by atoms with Gasteiger partial charge in [0.05, 0.1) is 15.9 Å². The maximum atomic E-state index is 13.3. The van der Waals surface area contributed by atoms with Gasteiger partial charge in [-0.25, -0.2) is 13.4 Å². The summed E-state index contributed by atoms with van der Waals surface area (Å²) in [7, 11) is -3.53. The summed E-state index contributed by atoms with van der Waals surface area (Å²) in [4.78, 5) is 5.17. The van der Waals surface area contributed by atoms with E-state index in [-0.39, 0.29) is 0 Å². The predicted molar refractivity (Wildman–Crippen MR) is 139 cm³/mol. The molecule has 1 aliphatic heterocycles. The highest BCUT2D eigenvalue weighted by Crippen LogP contribution is 2.31. The maximum Gasteiger partial charge on any atom is 0.243 e. The summed E-state index contributed by atoms with van der Waals surface area (Å²) < 4.78 is 35.9. The van der Waals surface area contributed by atoms with Crippen LogP contribution >= 0.6 is 23.4 Å². The highest BCUT2D eigenvalue weighted by Gasteiger charge is 2.29. The number of rotatable bonds is 10. The molecule has 0 unspecified atom stereocenters. The summed E-state index contributed by atoms with van der Waals surface area (Å²) in [5.41, 5.74) is 2.76. The van der Waals surface area contributed by atoms with Crippen LogP contribution in [0.1, 0.15) is 38.7 Å². The van der Waals surface area contributed by atoms with Gasteiger partial charge in [-0.2, -0.15) is 4.31 Å². The number of fused-ring (bicyclic) bond motifs is 1. The molecule has 1 aromatic heterocycles. The lowest BCUT2D eigenvalue weighted by Crippen LogP contribution is -2.39. The average molecular weight is 522 g/mol. The van der Waals surface area contributed by atoms with Gasteiger partial charge in [-0.05, 0) is 68.0 Å². The number of halogens is 1. The van der Waals surface area contributed by atoms with Crippen LogP contribution < -0.4 is 0 Å². The van der Waals surface area contributed by atoms with Crippen LogP contribution in [0.25, 0.3) is 11.0 Å². The van der Waals surface area contributed by atoms with Gasteiger partial charge < -0.3 is 9.30 Å². The fourth-order valence-corrected chi connectivity index (χ4v) is 7.15. The van der Waals surface area contributed by atoms with Crippen molar-refractivity contribution in [3.8, 4) is 0 Å². The lowest BCUT2D eigenvalue weighted by atomic mass is 10.0. The molecule has 0 aliphatic carbocycles. The van der Waals surface area contributed by atoms with Crippen molar-refractivity contribution in [3.63, 3.8) is 0 Å². The number of hydrogen-bond donors (Lipinski definition) is 0. The number of aryl methyl sites for hydroxylation is 1. The van der Waals surface area contributed by atoms with Crippen LogP contribution in [0.3, 0.4) is 0 Å². The maximum absolute atomic E-state index is 13.3. The van der Waals surface area contributed by atoms with Crippen LogP contribution in [0.2, 0.25) is 5.02 Å². The molecule has 2 heterocycles. The lowest BCUT2D eigenvalue weighted by molar-refractivity contribution is 0.141. The SMILES string of the molecule is CCOCCCn1c(SCc2cccc(Cl)c2)nc2cc(S(=O)(=O)N3CCC[C@H](C)C3)ccc21. The first-order chi connectivity index (χ1) is 16.4. The molecule has 1 atom stereocenters. The molecule has 6 nitrogen and oxygen atoms in total. The number of aromatic nitrogens is 2. The highest BCUT2D eigenvalue weighted by atomic mass is 35.5. The van der Waals surface area contributed by atoms with Crippen LogP contribution in [-0.2, 0) is 27.1 Å². The Morgan fingerprint density at radius 1 is 1.24 bits per heavy atom. The Morgan fingerprint density at radius 3 is 2.85 bits per heavy atom. The first kappa shape index (κ1) is 25.5. The number of piperidine rings is 1. The predicted octanol–water partition coefficient (Wildman–Crippen LogP) is 5.83. The van der Waals surface area contributed by atoms with Gasteiger partial charge in [-0.3, -0.25) is 0 Å². The fourth-order valence-electron chi connectivity index (χ4n) is 4.33. The van der Waals surface area contributed by atoms with E-state index in [0.29, 0.717) is 47.7 Å². The van der Waals surface area contributed by atoms with Crippen LogP contribution in [0.15, 0.2) is 52.5 Å². The molecule has 0 N–H and O–H groups in total. The molecular formula is C25H32ClN3O3S2. The molecule has 0 amide bonds. The van der Waals surface area contributed by atoms with E-state index in [9.17, 15) is 8.42 Å². The van der Waals surface area contributed by atoms with E-state index in [1.165, 1.54) is 0 Å². The number of benzene rings is 2. The Labute approximate surface area is 211 Å². The third-order valence-corrected chi connectivity index (χ3v) is 9.22. The monoisotopic (exact) mass is 521 g/mol. The first-order valence-electron chi connectivity index (χ1n) is 11.8. The summed E-state index contributed by atoms with van der Waals surface area (Å²) in [5.74, 6) is 1.11. The van der Waals surface area contributed by atoms with E-state index >= 15 is 0 Å². The molecule has 4 rings (SSSR count). The third kappa shape index (κ3) is 5.97. The van der Waals surface area contributed by atoms with Crippen LogP contribution in [0.4, 0.5) is 0 Å². The number of imidazole rings is 1. The second kappa shape index (κ2) is 11.4. The van der Waals surface area contributed by atoms with E-state index < -0.39 is 10.0 Å². The average Bonchev–Trinajstić information content (AvgIpc) is 3.17. The summed E-state index contributed by atoms with van der Waals surface area (Å²) in [5, 5.41) is 1.58. The Hall–Kier alpha value is -1.58. The Kier molecular flexibility index (Phi) is 8.58. The molecule has 1 fully saturated rings. The third-order valence-electron chi connectivity index (χ3n) is 6.07. The van der Waals surface area contributed by atoms with Crippen LogP contribution in [0.5, 0.6) is 0 Å². The number of ether oxygens (including phenoxy) is 1. The summed E-state index contributed by atoms with van der Waals surface area (Å²) in [6.07, 6.45) is 2.83. The topological polar surface area (TPSA) is 64.4 Å². The van der Waals surface area contributed by atoms with Crippen molar-refractivity contribution in [2.45, 2.75) is 55.5 Å². The zero-order valence-corrected chi connectivity index (χ0v) is 22.1. The number of sulfonamides is 1. The van der Waals surface area contributed by atoms with Crippen molar-refractivity contribution in [2.75, 3.05) is 26.3 Å². The molecule has 0 spiro atoms. The van der Waals surface area contributed by atoms with Gasteiger partial charge in [0.25, 0.3) is 0 Å².